The molecule has 3 amide bonds. The number of carboxylic acid groups (broad SMARTS) is 1. The van der Waals surface area contributed by atoms with E-state index in [2.05, 4.69) is 15.6 Å². The lowest BCUT2D eigenvalue weighted by Gasteiger charge is -2.28. The van der Waals surface area contributed by atoms with Crippen molar-refractivity contribution < 1.29 is 24.3 Å². The number of nitrogens with zero attached hydrogens (tertiary/aromatic N) is 1. The lowest BCUT2D eigenvalue weighted by atomic mass is 10.0. The molecule has 4 rings (SSSR count). The number of carbonyl (C=O) groups is 4. The summed E-state index contributed by atoms with van der Waals surface area (Å²) >= 11 is 0. The van der Waals surface area contributed by atoms with E-state index in [1.807, 2.05) is 60.8 Å². The molecule has 1 aliphatic rings. The molecule has 1 fully saturated rings. The summed E-state index contributed by atoms with van der Waals surface area (Å²) in [6, 6.07) is 13.1. The molecule has 0 aliphatic carbocycles. The number of nitrogens with one attached hydrogen (secondary N) is 3. The van der Waals surface area contributed by atoms with Crippen molar-refractivity contribution in [1.29, 1.82) is 0 Å². The predicted octanol–water partition coefficient (Wildman–Crippen LogP) is 1.35. The molecular weight excluding hydrogens is 486 g/mol. The number of likely N-dealkylation sites (tertiary alicyclic amines) is 1. The van der Waals surface area contributed by atoms with E-state index in [4.69, 9.17) is 5.73 Å². The van der Waals surface area contributed by atoms with Gasteiger partial charge in [-0.25, -0.2) is 4.79 Å². The number of carbonyl (C=O) groups excluding carboxylic acids is 3. The Morgan fingerprint density at radius 1 is 1.03 bits per heavy atom. The van der Waals surface area contributed by atoms with E-state index >= 15 is 0 Å². The number of nitrogens with two attached hydrogens (primary N) is 1. The van der Waals surface area contributed by atoms with Crippen LogP contribution in [-0.4, -0.2) is 69.4 Å². The molecule has 0 spiro atoms. The van der Waals surface area contributed by atoms with Crippen molar-refractivity contribution in [2.45, 2.75) is 56.8 Å². The van der Waals surface area contributed by atoms with Crippen molar-refractivity contribution in [1.82, 2.24) is 20.5 Å². The molecule has 0 bridgehead atoms. The number of aromatic nitrogens is 1. The lowest BCUT2D eigenvalue weighted by Crippen LogP contribution is -2.57. The maximum absolute atomic E-state index is 13.4. The second kappa shape index (κ2) is 11.9. The van der Waals surface area contributed by atoms with Gasteiger partial charge in [0.2, 0.25) is 17.7 Å². The molecular formula is C28H33N5O5. The average Bonchev–Trinajstić information content (AvgIpc) is 3.56. The summed E-state index contributed by atoms with van der Waals surface area (Å²) in [7, 11) is 0. The number of rotatable bonds is 10. The van der Waals surface area contributed by atoms with Crippen molar-refractivity contribution in [2.75, 3.05) is 6.54 Å². The van der Waals surface area contributed by atoms with Crippen LogP contribution in [0.1, 0.15) is 30.9 Å². The molecule has 1 aliphatic heterocycles. The fourth-order valence-corrected chi connectivity index (χ4v) is 4.85. The normalized spacial score (nSPS) is 17.5. The molecule has 38 heavy (non-hydrogen) atoms. The molecule has 4 unspecified atom stereocenters. The van der Waals surface area contributed by atoms with Crippen LogP contribution in [-0.2, 0) is 32.0 Å². The van der Waals surface area contributed by atoms with E-state index in [0.29, 0.717) is 19.4 Å². The van der Waals surface area contributed by atoms with Crippen LogP contribution in [0.3, 0.4) is 0 Å². The Labute approximate surface area is 220 Å². The zero-order chi connectivity index (χ0) is 27.2. The Kier molecular flexibility index (Phi) is 8.42. The zero-order valence-electron chi connectivity index (χ0n) is 21.2. The second-order valence-electron chi connectivity index (χ2n) is 9.68. The molecule has 2 aromatic carbocycles. The summed E-state index contributed by atoms with van der Waals surface area (Å²) in [5, 5.41) is 15.9. The Bertz CT molecular complexity index is 1310. The number of benzene rings is 2. The van der Waals surface area contributed by atoms with E-state index in [1.54, 1.807) is 0 Å². The van der Waals surface area contributed by atoms with Gasteiger partial charge >= 0.3 is 5.97 Å². The lowest BCUT2D eigenvalue weighted by molar-refractivity contribution is -0.149. The summed E-state index contributed by atoms with van der Waals surface area (Å²) in [5.74, 6) is -2.57. The van der Waals surface area contributed by atoms with Crippen LogP contribution < -0.4 is 16.4 Å². The van der Waals surface area contributed by atoms with Gasteiger partial charge < -0.3 is 31.4 Å². The number of carboxylic acids is 1. The quantitative estimate of drug-likeness (QED) is 0.272. The first kappa shape index (κ1) is 26.9. The van der Waals surface area contributed by atoms with Crippen LogP contribution in [0.15, 0.2) is 60.8 Å². The predicted molar refractivity (Wildman–Crippen MR) is 142 cm³/mol. The molecule has 3 aromatic rings. The summed E-state index contributed by atoms with van der Waals surface area (Å²) in [4.78, 5) is 55.4. The van der Waals surface area contributed by atoms with Gasteiger partial charge in [0.05, 0.1) is 6.04 Å². The van der Waals surface area contributed by atoms with Gasteiger partial charge in [-0.15, -0.1) is 0 Å². The molecule has 200 valence electrons. The average molecular weight is 520 g/mol. The van der Waals surface area contributed by atoms with E-state index < -0.39 is 47.9 Å². The molecule has 6 N–H and O–H groups in total. The van der Waals surface area contributed by atoms with Gasteiger partial charge in [0, 0.05) is 30.1 Å². The fourth-order valence-electron chi connectivity index (χ4n) is 4.85. The highest BCUT2D eigenvalue weighted by atomic mass is 16.4. The topological polar surface area (TPSA) is 158 Å². The number of aromatic amines is 1. The third kappa shape index (κ3) is 6.20. The van der Waals surface area contributed by atoms with Gasteiger partial charge in [0.1, 0.15) is 18.1 Å². The van der Waals surface area contributed by atoms with E-state index in [1.165, 1.54) is 11.8 Å². The highest BCUT2D eigenvalue weighted by Crippen LogP contribution is 2.20. The number of aliphatic carboxylic acids is 1. The van der Waals surface area contributed by atoms with Crippen molar-refractivity contribution in [3.05, 3.63) is 71.9 Å². The summed E-state index contributed by atoms with van der Waals surface area (Å²) < 4.78 is 0. The third-order valence-electron chi connectivity index (χ3n) is 6.92. The second-order valence-corrected chi connectivity index (χ2v) is 9.68. The Morgan fingerprint density at radius 2 is 1.74 bits per heavy atom. The fraction of sp³-hybridized carbons (Fsp3) is 0.357. The van der Waals surface area contributed by atoms with Gasteiger partial charge in [-0.3, -0.25) is 14.4 Å². The maximum atomic E-state index is 13.4. The number of hydrogen-bond acceptors (Lipinski definition) is 5. The number of H-pyrrole nitrogens is 1. The molecule has 4 atom stereocenters. The Morgan fingerprint density at radius 3 is 2.47 bits per heavy atom. The first-order valence-corrected chi connectivity index (χ1v) is 12.7. The first-order chi connectivity index (χ1) is 18.2. The van der Waals surface area contributed by atoms with Crippen LogP contribution in [0.2, 0.25) is 0 Å². The zero-order valence-corrected chi connectivity index (χ0v) is 21.2. The van der Waals surface area contributed by atoms with Gasteiger partial charge in [0.25, 0.3) is 0 Å². The van der Waals surface area contributed by atoms with Crippen LogP contribution >= 0.6 is 0 Å². The molecule has 10 nitrogen and oxygen atoms in total. The highest BCUT2D eigenvalue weighted by molar-refractivity contribution is 5.94. The Hall–Kier alpha value is -4.18. The van der Waals surface area contributed by atoms with Crippen LogP contribution in [0.25, 0.3) is 10.9 Å². The van der Waals surface area contributed by atoms with Crippen LogP contribution in [0, 0.1) is 0 Å². The number of para-hydroxylation sites is 1. The van der Waals surface area contributed by atoms with Crippen molar-refractivity contribution in [3.8, 4) is 0 Å². The van der Waals surface area contributed by atoms with Gasteiger partial charge in [-0.1, -0.05) is 48.5 Å². The molecule has 1 saturated heterocycles. The molecule has 0 radical (unpaired) electrons. The minimum Gasteiger partial charge on any atom is -0.480 e. The SMILES string of the molecule is CC(NC(=O)C(N)Cc1c[nH]c2ccccc12)C(=O)NC(Cc1ccccc1)C(=O)N1CCCC1C(=O)O. The molecule has 1 aromatic heterocycles. The standard InChI is InChI=1S/C28H33N5O5/c1-17(31-26(35)21(29)15-19-16-30-22-11-6-5-10-20(19)22)25(34)32-23(14-18-8-3-2-4-9-18)27(36)33-13-7-12-24(33)28(37)38/h2-6,8-11,16-17,21,23-24,30H,7,12-15,29H2,1H3,(H,31,35)(H,32,34)(H,37,38). The minimum atomic E-state index is -1.06. The van der Waals surface area contributed by atoms with Gasteiger partial charge in [0.15, 0.2) is 0 Å². The largest absolute Gasteiger partial charge is 0.480 e. The van der Waals surface area contributed by atoms with Crippen molar-refractivity contribution >= 4 is 34.6 Å². The monoisotopic (exact) mass is 519 g/mol. The van der Waals surface area contributed by atoms with Crippen LogP contribution in [0.4, 0.5) is 0 Å². The summed E-state index contributed by atoms with van der Waals surface area (Å²) in [6.45, 7) is 1.83. The summed E-state index contributed by atoms with van der Waals surface area (Å²) in [5.41, 5.74) is 8.81. The highest BCUT2D eigenvalue weighted by Gasteiger charge is 2.38. The van der Waals surface area contributed by atoms with E-state index in [9.17, 15) is 24.3 Å². The van der Waals surface area contributed by atoms with E-state index in [-0.39, 0.29) is 12.8 Å². The maximum Gasteiger partial charge on any atom is 0.326 e. The van der Waals surface area contributed by atoms with Crippen molar-refractivity contribution in [2.24, 2.45) is 5.73 Å². The van der Waals surface area contributed by atoms with Crippen LogP contribution in [0.5, 0.6) is 0 Å². The number of hydrogen-bond donors (Lipinski definition) is 5. The summed E-state index contributed by atoms with van der Waals surface area (Å²) in [6.07, 6.45) is 3.24. The molecule has 2 heterocycles. The number of amides is 3. The van der Waals surface area contributed by atoms with Crippen molar-refractivity contribution in [3.63, 3.8) is 0 Å². The molecule has 0 saturated carbocycles. The molecule has 10 heteroatoms. The smallest absolute Gasteiger partial charge is 0.326 e. The first-order valence-electron chi connectivity index (χ1n) is 12.7. The van der Waals surface area contributed by atoms with Gasteiger partial charge in [-0.05, 0) is 43.4 Å². The third-order valence-corrected chi connectivity index (χ3v) is 6.92. The van der Waals surface area contributed by atoms with Gasteiger partial charge in [-0.2, -0.15) is 0 Å². The Balaban J connectivity index is 1.41. The van der Waals surface area contributed by atoms with E-state index in [0.717, 1.165) is 22.0 Å². The number of fused-ring (bicyclic) bond motifs is 1. The minimum absolute atomic E-state index is 0.189.